The van der Waals surface area contributed by atoms with Crippen LogP contribution in [0.25, 0.3) is 5.69 Å². The van der Waals surface area contributed by atoms with E-state index < -0.39 is 22.5 Å². The van der Waals surface area contributed by atoms with Gasteiger partial charge in [-0.05, 0) is 29.8 Å². The summed E-state index contributed by atoms with van der Waals surface area (Å²) in [6.45, 7) is -0.000296. The zero-order valence-corrected chi connectivity index (χ0v) is 13.2. The largest absolute Gasteiger partial charge is 0.347 e. The smallest absolute Gasteiger partial charge is 0.272 e. The number of carbonyl (C=O) groups is 1. The normalized spacial score (nSPS) is 10.5. The minimum absolute atomic E-state index is 0.000296. The number of benzene rings is 2. The summed E-state index contributed by atoms with van der Waals surface area (Å²) in [5.74, 6) is -2.47. The van der Waals surface area contributed by atoms with Crippen molar-refractivity contribution < 1.29 is 18.5 Å². The molecule has 0 aliphatic heterocycles. The summed E-state index contributed by atoms with van der Waals surface area (Å²) in [6.07, 6.45) is 1.49. The highest BCUT2D eigenvalue weighted by atomic mass is 19.2. The van der Waals surface area contributed by atoms with Gasteiger partial charge in [-0.3, -0.25) is 14.9 Å². The molecule has 2 aromatic carbocycles. The van der Waals surface area contributed by atoms with Gasteiger partial charge in [-0.25, -0.2) is 13.5 Å². The molecule has 3 rings (SSSR count). The first-order valence-corrected chi connectivity index (χ1v) is 7.46. The number of rotatable bonds is 5. The molecule has 9 heteroatoms. The molecule has 132 valence electrons. The van der Waals surface area contributed by atoms with Gasteiger partial charge in [0.2, 0.25) is 0 Å². The molecule has 0 saturated carbocycles. The van der Waals surface area contributed by atoms with Gasteiger partial charge in [0.1, 0.15) is 0 Å². The van der Waals surface area contributed by atoms with Gasteiger partial charge in [0.25, 0.3) is 11.6 Å². The van der Waals surface area contributed by atoms with Crippen LogP contribution < -0.4 is 5.32 Å². The first kappa shape index (κ1) is 17.2. The second-order valence-corrected chi connectivity index (χ2v) is 5.35. The molecule has 3 aromatic rings. The summed E-state index contributed by atoms with van der Waals surface area (Å²) in [6, 6.07) is 10.6. The SMILES string of the molecule is O=C(NCc1ccc(F)c(F)c1)c1ccn(-c2cccc([N+](=O)[O-])c2)n1. The molecule has 0 saturated heterocycles. The van der Waals surface area contributed by atoms with E-state index in [1.165, 1.54) is 41.2 Å². The van der Waals surface area contributed by atoms with Crippen molar-refractivity contribution in [1.29, 1.82) is 0 Å². The number of hydrogen-bond acceptors (Lipinski definition) is 4. The Balaban J connectivity index is 1.70. The van der Waals surface area contributed by atoms with Crippen molar-refractivity contribution in [3.05, 3.63) is 87.7 Å². The van der Waals surface area contributed by atoms with Crippen molar-refractivity contribution in [2.45, 2.75) is 6.54 Å². The maximum atomic E-state index is 13.2. The van der Waals surface area contributed by atoms with E-state index in [4.69, 9.17) is 0 Å². The molecule has 26 heavy (non-hydrogen) atoms. The average Bonchev–Trinajstić information content (AvgIpc) is 3.13. The van der Waals surface area contributed by atoms with Crippen LogP contribution in [-0.4, -0.2) is 20.6 Å². The molecule has 1 amide bonds. The summed E-state index contributed by atoms with van der Waals surface area (Å²) in [4.78, 5) is 22.4. The highest BCUT2D eigenvalue weighted by molar-refractivity contribution is 5.92. The quantitative estimate of drug-likeness (QED) is 0.561. The lowest BCUT2D eigenvalue weighted by Gasteiger charge is -2.04. The van der Waals surface area contributed by atoms with Crippen LogP contribution in [0.1, 0.15) is 16.1 Å². The van der Waals surface area contributed by atoms with Gasteiger partial charge in [0, 0.05) is 24.9 Å². The summed E-state index contributed by atoms with van der Waals surface area (Å²) < 4.78 is 27.4. The number of nitrogens with zero attached hydrogens (tertiary/aromatic N) is 3. The summed E-state index contributed by atoms with van der Waals surface area (Å²) in [7, 11) is 0. The number of carbonyl (C=O) groups excluding carboxylic acids is 1. The number of aromatic nitrogens is 2. The number of amides is 1. The van der Waals surface area contributed by atoms with Crippen LogP contribution in [0.5, 0.6) is 0 Å². The fourth-order valence-electron chi connectivity index (χ4n) is 2.26. The monoisotopic (exact) mass is 358 g/mol. The maximum absolute atomic E-state index is 13.2. The van der Waals surface area contributed by atoms with E-state index in [0.717, 1.165) is 12.1 Å². The highest BCUT2D eigenvalue weighted by Gasteiger charge is 2.12. The molecule has 0 fully saturated rings. The van der Waals surface area contributed by atoms with Crippen LogP contribution in [0.3, 0.4) is 0 Å². The molecule has 0 spiro atoms. The lowest BCUT2D eigenvalue weighted by Crippen LogP contribution is -2.23. The third kappa shape index (κ3) is 3.72. The van der Waals surface area contributed by atoms with Crippen LogP contribution in [0, 0.1) is 21.7 Å². The standard InChI is InChI=1S/C17H12F2N4O3/c18-14-5-4-11(8-15(14)19)10-20-17(24)16-6-7-22(21-16)12-2-1-3-13(9-12)23(25)26/h1-9H,10H2,(H,20,24). The molecule has 1 N–H and O–H groups in total. The number of nitrogens with one attached hydrogen (secondary N) is 1. The van der Waals surface area contributed by atoms with Crippen molar-refractivity contribution in [3.8, 4) is 5.69 Å². The molecule has 0 aliphatic rings. The van der Waals surface area contributed by atoms with Gasteiger partial charge in [0.05, 0.1) is 10.6 Å². The molecule has 0 bridgehead atoms. The van der Waals surface area contributed by atoms with Gasteiger partial charge in [0.15, 0.2) is 17.3 Å². The van der Waals surface area contributed by atoms with E-state index in [1.807, 2.05) is 0 Å². The first-order chi connectivity index (χ1) is 12.4. The molecule has 7 nitrogen and oxygen atoms in total. The van der Waals surface area contributed by atoms with Gasteiger partial charge >= 0.3 is 0 Å². The molecule has 1 aromatic heterocycles. The van der Waals surface area contributed by atoms with Gasteiger partial charge in [-0.1, -0.05) is 12.1 Å². The molecule has 0 atom stereocenters. The Morgan fingerprint density at radius 1 is 1.15 bits per heavy atom. The summed E-state index contributed by atoms with van der Waals surface area (Å²) >= 11 is 0. The summed E-state index contributed by atoms with van der Waals surface area (Å²) in [5.41, 5.74) is 0.815. The third-order valence-corrected chi connectivity index (χ3v) is 3.56. The Hall–Kier alpha value is -3.62. The van der Waals surface area contributed by atoms with Crippen LogP contribution in [0.4, 0.5) is 14.5 Å². The average molecular weight is 358 g/mol. The molecule has 0 aliphatic carbocycles. The van der Waals surface area contributed by atoms with Crippen LogP contribution in [0.2, 0.25) is 0 Å². The minimum Gasteiger partial charge on any atom is -0.347 e. The van der Waals surface area contributed by atoms with E-state index in [0.29, 0.717) is 11.3 Å². The lowest BCUT2D eigenvalue weighted by atomic mass is 10.2. The van der Waals surface area contributed by atoms with Crippen molar-refractivity contribution in [2.24, 2.45) is 0 Å². The number of nitro benzene ring substituents is 1. The fourth-order valence-corrected chi connectivity index (χ4v) is 2.26. The predicted octanol–water partition coefficient (Wildman–Crippen LogP) is 2.99. The molecule has 0 radical (unpaired) electrons. The minimum atomic E-state index is -0.994. The molecular weight excluding hydrogens is 346 g/mol. The fraction of sp³-hybridized carbons (Fsp3) is 0.0588. The van der Waals surface area contributed by atoms with E-state index in [2.05, 4.69) is 10.4 Å². The first-order valence-electron chi connectivity index (χ1n) is 7.46. The van der Waals surface area contributed by atoms with E-state index in [-0.39, 0.29) is 17.9 Å². The third-order valence-electron chi connectivity index (χ3n) is 3.56. The lowest BCUT2D eigenvalue weighted by molar-refractivity contribution is -0.384. The predicted molar refractivity (Wildman–Crippen MR) is 87.7 cm³/mol. The molecular formula is C17H12F2N4O3. The van der Waals surface area contributed by atoms with Crippen molar-refractivity contribution in [1.82, 2.24) is 15.1 Å². The van der Waals surface area contributed by atoms with Crippen molar-refractivity contribution in [3.63, 3.8) is 0 Å². The second-order valence-electron chi connectivity index (χ2n) is 5.35. The maximum Gasteiger partial charge on any atom is 0.272 e. The number of nitro groups is 1. The van der Waals surface area contributed by atoms with E-state index >= 15 is 0 Å². The molecule has 1 heterocycles. The number of non-ortho nitro benzene ring substituents is 1. The Bertz CT molecular complexity index is 988. The van der Waals surface area contributed by atoms with Gasteiger partial charge in [-0.2, -0.15) is 5.10 Å². The second kappa shape index (κ2) is 7.09. The van der Waals surface area contributed by atoms with Crippen LogP contribution in [-0.2, 0) is 6.54 Å². The van der Waals surface area contributed by atoms with E-state index in [1.54, 1.807) is 6.07 Å². The summed E-state index contributed by atoms with van der Waals surface area (Å²) in [5, 5.41) is 17.4. The topological polar surface area (TPSA) is 90.1 Å². The number of halogens is 2. The van der Waals surface area contributed by atoms with Crippen molar-refractivity contribution >= 4 is 11.6 Å². The Labute approximate surface area is 146 Å². The zero-order valence-electron chi connectivity index (χ0n) is 13.2. The Morgan fingerprint density at radius 2 is 1.96 bits per heavy atom. The Kier molecular flexibility index (Phi) is 4.70. The Morgan fingerprint density at radius 3 is 2.69 bits per heavy atom. The highest BCUT2D eigenvalue weighted by Crippen LogP contribution is 2.16. The van der Waals surface area contributed by atoms with Crippen LogP contribution in [0.15, 0.2) is 54.7 Å². The molecule has 0 unspecified atom stereocenters. The van der Waals surface area contributed by atoms with Gasteiger partial charge < -0.3 is 5.32 Å². The van der Waals surface area contributed by atoms with Crippen LogP contribution >= 0.6 is 0 Å². The number of hydrogen-bond donors (Lipinski definition) is 1. The van der Waals surface area contributed by atoms with E-state index in [9.17, 15) is 23.7 Å². The van der Waals surface area contributed by atoms with Gasteiger partial charge in [-0.15, -0.1) is 0 Å². The zero-order chi connectivity index (χ0) is 18.7. The van der Waals surface area contributed by atoms with Crippen molar-refractivity contribution in [2.75, 3.05) is 0 Å².